The Labute approximate surface area is 190 Å². The van der Waals surface area contributed by atoms with E-state index in [1.54, 1.807) is 0 Å². The van der Waals surface area contributed by atoms with Crippen molar-refractivity contribution in [2.75, 3.05) is 13.7 Å². The summed E-state index contributed by atoms with van der Waals surface area (Å²) in [5.41, 5.74) is 4.23. The normalized spacial score (nSPS) is 28.9. The van der Waals surface area contributed by atoms with Crippen molar-refractivity contribution >= 4 is 17.8 Å². The van der Waals surface area contributed by atoms with E-state index in [1.165, 1.54) is 31.5 Å². The third-order valence-electron chi connectivity index (χ3n) is 6.12. The molecular weight excluding hydrogens is 460 g/mol. The van der Waals surface area contributed by atoms with Crippen LogP contribution in [0.5, 0.6) is 0 Å². The summed E-state index contributed by atoms with van der Waals surface area (Å²) in [5, 5.41) is 11.4. The van der Waals surface area contributed by atoms with E-state index in [9.17, 15) is 22.8 Å². The minimum atomic E-state index is -4.90. The zero-order valence-electron chi connectivity index (χ0n) is 17.6. The molecule has 0 bridgehead atoms. The predicted octanol–water partition coefficient (Wildman–Crippen LogP) is 1.54. The summed E-state index contributed by atoms with van der Waals surface area (Å²) in [4.78, 5) is 34.2. The van der Waals surface area contributed by atoms with Crippen LogP contribution < -0.4 is 11.1 Å². The monoisotopic (exact) mass is 478 g/mol. The zero-order chi connectivity index (χ0) is 24.8. The first-order valence-corrected chi connectivity index (χ1v) is 10.0. The maximum atomic E-state index is 15.0. The van der Waals surface area contributed by atoms with Gasteiger partial charge in [0, 0.05) is 24.9 Å². The van der Waals surface area contributed by atoms with Crippen LogP contribution in [-0.2, 0) is 9.53 Å². The number of allylic oxidation sites excluding steroid dienone is 3. The first-order valence-electron chi connectivity index (χ1n) is 10.0. The maximum Gasteiger partial charge on any atom is 0.415 e. The summed E-state index contributed by atoms with van der Waals surface area (Å²) >= 11 is 0. The molecule has 0 saturated carbocycles. The lowest BCUT2D eigenvalue weighted by atomic mass is 9.69. The molecule has 3 aliphatic rings. The number of carbonyl (C=O) groups excluding carboxylic acids is 2. The van der Waals surface area contributed by atoms with Crippen molar-refractivity contribution in [3.63, 3.8) is 0 Å². The first kappa shape index (κ1) is 23.4. The van der Waals surface area contributed by atoms with Gasteiger partial charge in [0.1, 0.15) is 29.0 Å². The van der Waals surface area contributed by atoms with E-state index >= 15 is 4.39 Å². The van der Waals surface area contributed by atoms with Crippen LogP contribution in [0.4, 0.5) is 17.6 Å². The predicted molar refractivity (Wildman–Crippen MR) is 108 cm³/mol. The van der Waals surface area contributed by atoms with Crippen LogP contribution in [0.25, 0.3) is 0 Å². The van der Waals surface area contributed by atoms with E-state index in [0.717, 1.165) is 11.0 Å². The minimum absolute atomic E-state index is 0.0272. The topological polar surface area (TPSA) is 134 Å². The highest BCUT2D eigenvalue weighted by Gasteiger charge is 2.67. The molecule has 13 heteroatoms. The Morgan fingerprint density at radius 3 is 2.74 bits per heavy atom. The van der Waals surface area contributed by atoms with Crippen molar-refractivity contribution in [2.24, 2.45) is 22.6 Å². The third kappa shape index (κ3) is 3.79. The second kappa shape index (κ2) is 8.21. The molecule has 4 unspecified atom stereocenters. The fraction of sp³-hybridized carbons (Fsp3) is 0.381. The number of pyridine rings is 1. The molecule has 178 valence electrons. The van der Waals surface area contributed by atoms with Crippen molar-refractivity contribution in [2.45, 2.75) is 24.2 Å². The van der Waals surface area contributed by atoms with Crippen molar-refractivity contribution < 1.29 is 31.9 Å². The van der Waals surface area contributed by atoms with Crippen LogP contribution >= 0.6 is 0 Å². The number of ether oxygens (including phenoxy) is 1. The molecule has 0 spiro atoms. The highest BCUT2D eigenvalue weighted by atomic mass is 19.4. The molecule has 2 amide bonds. The number of rotatable bonds is 3. The van der Waals surface area contributed by atoms with Crippen LogP contribution in [0.1, 0.15) is 22.5 Å². The summed E-state index contributed by atoms with van der Waals surface area (Å²) in [6.45, 7) is -0.688. The number of halogens is 4. The molecule has 9 nitrogen and oxygen atoms in total. The summed E-state index contributed by atoms with van der Waals surface area (Å²) in [5.74, 6) is -6.04. The van der Waals surface area contributed by atoms with Crippen molar-refractivity contribution in [1.82, 2.24) is 15.2 Å². The molecule has 1 aromatic heterocycles. The molecular formula is C21H18F4N6O3. The number of hydrogen-bond donors (Lipinski definition) is 2. The van der Waals surface area contributed by atoms with Crippen LogP contribution in [0.2, 0.25) is 0 Å². The number of guanidine groups is 1. The van der Waals surface area contributed by atoms with Crippen LogP contribution in [-0.4, -0.2) is 59.1 Å². The third-order valence-corrected chi connectivity index (χ3v) is 6.12. The Balaban J connectivity index is 1.65. The molecule has 4 rings (SSSR count). The zero-order valence-corrected chi connectivity index (χ0v) is 17.6. The molecule has 3 N–H and O–H groups in total. The number of alkyl halides is 3. The minimum Gasteiger partial charge on any atom is -0.369 e. The number of nitrogens with one attached hydrogen (secondary N) is 1. The van der Waals surface area contributed by atoms with Crippen molar-refractivity contribution in [1.29, 1.82) is 5.26 Å². The van der Waals surface area contributed by atoms with Gasteiger partial charge >= 0.3 is 6.18 Å². The number of nitrogens with zero attached hydrogens (tertiary/aromatic N) is 4. The van der Waals surface area contributed by atoms with Crippen molar-refractivity contribution in [3.05, 3.63) is 53.3 Å². The Kier molecular flexibility index (Phi) is 5.64. The summed E-state index contributed by atoms with van der Waals surface area (Å²) < 4.78 is 61.0. The molecule has 0 aromatic carbocycles. The highest BCUT2D eigenvalue weighted by molar-refractivity contribution is 6.00. The Bertz CT molecular complexity index is 1170. The number of amides is 2. The average Bonchev–Trinajstić information content (AvgIpc) is 3.19. The van der Waals surface area contributed by atoms with Crippen LogP contribution in [0, 0.1) is 23.2 Å². The first-order chi connectivity index (χ1) is 16.0. The second-order valence-corrected chi connectivity index (χ2v) is 8.11. The quantitative estimate of drug-likeness (QED) is 0.634. The van der Waals surface area contributed by atoms with Gasteiger partial charge in [-0.1, -0.05) is 0 Å². The van der Waals surface area contributed by atoms with Gasteiger partial charge in [0.15, 0.2) is 12.1 Å². The molecule has 1 saturated heterocycles. The fourth-order valence-corrected chi connectivity index (χ4v) is 4.40. The molecule has 1 aromatic rings. The number of hydrogen-bond acceptors (Lipinski definition) is 7. The van der Waals surface area contributed by atoms with E-state index in [4.69, 9.17) is 15.7 Å². The Hall–Kier alpha value is -3.79. The number of aliphatic imine (C=N–C) groups is 1. The van der Waals surface area contributed by atoms with E-state index < -0.39 is 53.9 Å². The van der Waals surface area contributed by atoms with E-state index in [-0.39, 0.29) is 29.3 Å². The number of fused-ring (bicyclic) bond motifs is 1. The van der Waals surface area contributed by atoms with Crippen molar-refractivity contribution in [3.8, 4) is 6.07 Å². The molecule has 1 aliphatic carbocycles. The van der Waals surface area contributed by atoms with Gasteiger partial charge in [-0.05, 0) is 30.7 Å². The average molecular weight is 478 g/mol. The van der Waals surface area contributed by atoms with E-state index in [1.807, 2.05) is 6.07 Å². The Morgan fingerprint density at radius 1 is 1.38 bits per heavy atom. The van der Waals surface area contributed by atoms with Gasteiger partial charge < -0.3 is 15.8 Å². The Morgan fingerprint density at radius 2 is 2.12 bits per heavy atom. The summed E-state index contributed by atoms with van der Waals surface area (Å²) in [6, 6.07) is 4.57. The molecule has 2 aliphatic heterocycles. The van der Waals surface area contributed by atoms with E-state index in [0.29, 0.717) is 0 Å². The van der Waals surface area contributed by atoms with Gasteiger partial charge in [0.2, 0.25) is 5.91 Å². The maximum absolute atomic E-state index is 15.0. The fourth-order valence-electron chi connectivity index (χ4n) is 4.40. The largest absolute Gasteiger partial charge is 0.415 e. The molecule has 4 atom stereocenters. The molecule has 1 fully saturated rings. The smallest absolute Gasteiger partial charge is 0.369 e. The number of nitrogens with two attached hydrogens (primary N) is 1. The number of aromatic nitrogens is 1. The lowest BCUT2D eigenvalue weighted by molar-refractivity contribution is -0.218. The SMILES string of the molecule is CN1C(=O)C2C(C(F)(F)F)OCC2(C2CC(NC(=O)c3ccc(C#N)cn3)=CC=C2F)N=C1N. The molecule has 34 heavy (non-hydrogen) atoms. The second-order valence-electron chi connectivity index (χ2n) is 8.11. The van der Waals surface area contributed by atoms with Crippen LogP contribution in [0.15, 0.2) is 47.0 Å². The van der Waals surface area contributed by atoms with Gasteiger partial charge in [-0.15, -0.1) is 0 Å². The van der Waals surface area contributed by atoms with Gasteiger partial charge in [-0.2, -0.15) is 18.4 Å². The number of carbonyl (C=O) groups is 2. The lowest BCUT2D eigenvalue weighted by Crippen LogP contribution is -2.61. The van der Waals surface area contributed by atoms with Gasteiger partial charge in [-0.3, -0.25) is 14.5 Å². The standard InChI is InChI=1S/C21H18F4N6O3/c1-31-18(33)15-16(21(23,24)25)34-9-20(15,30-19(31)27)12-6-11(3-4-13(12)22)29-17(32)14-5-2-10(7-26)8-28-14/h2-5,8,12,15-16H,6,9H2,1H3,(H2,27,30)(H,29,32). The number of nitriles is 1. The van der Waals surface area contributed by atoms with Crippen LogP contribution in [0.3, 0.4) is 0 Å². The molecule has 0 radical (unpaired) electrons. The highest BCUT2D eigenvalue weighted by Crippen LogP contribution is 2.52. The van der Waals surface area contributed by atoms with E-state index in [2.05, 4.69) is 15.3 Å². The summed E-state index contributed by atoms with van der Waals surface area (Å²) in [7, 11) is 1.18. The summed E-state index contributed by atoms with van der Waals surface area (Å²) in [6.07, 6.45) is -4.20. The van der Waals surface area contributed by atoms with Gasteiger partial charge in [0.25, 0.3) is 5.91 Å². The lowest BCUT2D eigenvalue weighted by Gasteiger charge is -2.43. The molecule has 3 heterocycles. The van der Waals surface area contributed by atoms with Gasteiger partial charge in [0.05, 0.1) is 12.2 Å². The van der Waals surface area contributed by atoms with Gasteiger partial charge in [-0.25, -0.2) is 14.4 Å².